The van der Waals surface area contributed by atoms with Gasteiger partial charge in [0.1, 0.15) is 17.1 Å². The number of benzene rings is 2. The predicted octanol–water partition coefficient (Wildman–Crippen LogP) is 3.27. The van der Waals surface area contributed by atoms with Crippen LogP contribution in [-0.2, 0) is 9.59 Å². The fourth-order valence-corrected chi connectivity index (χ4v) is 3.93. The van der Waals surface area contributed by atoms with Gasteiger partial charge in [-0.25, -0.2) is 9.29 Å². The third-order valence-electron chi connectivity index (χ3n) is 5.18. The van der Waals surface area contributed by atoms with Crippen molar-refractivity contribution in [1.29, 1.82) is 0 Å². The molecule has 6 nitrogen and oxygen atoms in total. The molecule has 4 rings (SSSR count). The third-order valence-corrected chi connectivity index (χ3v) is 5.47. The van der Waals surface area contributed by atoms with Crippen LogP contribution in [0.25, 0.3) is 6.08 Å². The molecule has 154 valence electrons. The van der Waals surface area contributed by atoms with Gasteiger partial charge in [-0.15, -0.1) is 0 Å². The van der Waals surface area contributed by atoms with Crippen molar-refractivity contribution in [3.05, 3.63) is 59.4 Å². The van der Waals surface area contributed by atoms with E-state index in [-0.39, 0.29) is 16.2 Å². The number of nitrogens with one attached hydrogen (secondary N) is 1. The minimum absolute atomic E-state index is 0.0588. The van der Waals surface area contributed by atoms with E-state index in [2.05, 4.69) is 10.2 Å². The molecule has 2 fully saturated rings. The van der Waals surface area contributed by atoms with Crippen LogP contribution in [0, 0.1) is 5.82 Å². The Balaban J connectivity index is 1.69. The van der Waals surface area contributed by atoms with Crippen LogP contribution in [0.5, 0.6) is 5.75 Å². The molecule has 0 aromatic heterocycles. The summed E-state index contributed by atoms with van der Waals surface area (Å²) in [6.07, 6.45) is 3.42. The Kier molecular flexibility index (Phi) is 5.50. The zero-order chi connectivity index (χ0) is 21.3. The van der Waals surface area contributed by atoms with Gasteiger partial charge in [0.15, 0.2) is 5.11 Å². The Morgan fingerprint density at radius 1 is 1.13 bits per heavy atom. The number of carbonyl (C=O) groups excluding carboxylic acids is 2. The molecular weight excluding hydrogens is 405 g/mol. The highest BCUT2D eigenvalue weighted by molar-refractivity contribution is 7.80. The van der Waals surface area contributed by atoms with Crippen molar-refractivity contribution in [3.8, 4) is 5.75 Å². The molecule has 8 heteroatoms. The molecule has 0 unspecified atom stereocenters. The van der Waals surface area contributed by atoms with Gasteiger partial charge in [-0.05, 0) is 61.5 Å². The molecule has 2 amide bonds. The van der Waals surface area contributed by atoms with E-state index in [1.54, 1.807) is 36.4 Å². The fraction of sp³-hybridized carbons (Fsp3) is 0.227. The highest BCUT2D eigenvalue weighted by Gasteiger charge is 2.36. The van der Waals surface area contributed by atoms with Crippen molar-refractivity contribution >= 4 is 46.6 Å². The number of methoxy groups -OCH3 is 1. The summed E-state index contributed by atoms with van der Waals surface area (Å²) in [6.45, 7) is 1.79. The number of rotatable bonds is 4. The number of carbonyl (C=O) groups is 2. The first-order valence-corrected chi connectivity index (χ1v) is 9.99. The number of nitrogens with zero attached hydrogens (tertiary/aromatic N) is 2. The fourth-order valence-electron chi connectivity index (χ4n) is 3.65. The molecule has 0 aliphatic carbocycles. The van der Waals surface area contributed by atoms with E-state index in [4.69, 9.17) is 17.0 Å². The molecule has 0 saturated carbocycles. The second-order valence-electron chi connectivity index (χ2n) is 7.03. The average molecular weight is 425 g/mol. The predicted molar refractivity (Wildman–Crippen MR) is 117 cm³/mol. The number of para-hydroxylation sites is 2. The lowest BCUT2D eigenvalue weighted by Crippen LogP contribution is -2.54. The number of halogens is 1. The van der Waals surface area contributed by atoms with Crippen LogP contribution in [0.1, 0.15) is 18.4 Å². The number of amides is 2. The first-order valence-electron chi connectivity index (χ1n) is 9.58. The van der Waals surface area contributed by atoms with Crippen LogP contribution in [0.4, 0.5) is 15.8 Å². The first-order chi connectivity index (χ1) is 14.5. The molecule has 0 spiro atoms. The second-order valence-corrected chi connectivity index (χ2v) is 7.42. The molecule has 30 heavy (non-hydrogen) atoms. The molecular formula is C22H20FN3O3S. The number of hydrogen-bond acceptors (Lipinski definition) is 5. The van der Waals surface area contributed by atoms with Gasteiger partial charge in [-0.3, -0.25) is 14.9 Å². The van der Waals surface area contributed by atoms with Gasteiger partial charge in [0.05, 0.1) is 12.8 Å². The highest BCUT2D eigenvalue weighted by Crippen LogP contribution is 2.31. The van der Waals surface area contributed by atoms with Crippen molar-refractivity contribution in [2.45, 2.75) is 12.8 Å². The Morgan fingerprint density at radius 3 is 2.57 bits per heavy atom. The molecule has 0 radical (unpaired) electrons. The van der Waals surface area contributed by atoms with Gasteiger partial charge < -0.3 is 9.64 Å². The van der Waals surface area contributed by atoms with Crippen LogP contribution >= 0.6 is 12.2 Å². The van der Waals surface area contributed by atoms with Gasteiger partial charge >= 0.3 is 0 Å². The summed E-state index contributed by atoms with van der Waals surface area (Å²) in [6, 6.07) is 11.6. The maximum atomic E-state index is 14.8. The van der Waals surface area contributed by atoms with E-state index in [0.717, 1.165) is 31.6 Å². The summed E-state index contributed by atoms with van der Waals surface area (Å²) in [5.41, 5.74) is 1.14. The normalized spacial score (nSPS) is 18.2. The molecule has 2 aliphatic rings. The zero-order valence-electron chi connectivity index (χ0n) is 16.4. The quantitative estimate of drug-likeness (QED) is 0.463. The van der Waals surface area contributed by atoms with Gasteiger partial charge in [0.2, 0.25) is 0 Å². The minimum Gasteiger partial charge on any atom is -0.495 e. The Labute approximate surface area is 178 Å². The van der Waals surface area contributed by atoms with Gasteiger partial charge in [-0.1, -0.05) is 12.1 Å². The number of hydrogen-bond donors (Lipinski definition) is 1. The summed E-state index contributed by atoms with van der Waals surface area (Å²) >= 11 is 5.20. The molecule has 2 aliphatic heterocycles. The number of anilines is 2. The molecule has 2 aromatic carbocycles. The summed E-state index contributed by atoms with van der Waals surface area (Å²) in [5, 5.41) is 2.44. The number of thiocarbonyl (C=S) groups is 1. The SMILES string of the molecule is COc1ccccc1N1C(=O)/C(=C/c2ccc(N3CCCC3)cc2F)C(=O)NC1=S. The summed E-state index contributed by atoms with van der Waals surface area (Å²) in [5.74, 6) is -1.38. The Bertz CT molecular complexity index is 1060. The minimum atomic E-state index is -0.667. The van der Waals surface area contributed by atoms with E-state index in [0.29, 0.717) is 11.4 Å². The van der Waals surface area contributed by atoms with Crippen molar-refractivity contribution < 1.29 is 18.7 Å². The van der Waals surface area contributed by atoms with Gasteiger partial charge in [0.25, 0.3) is 11.8 Å². The van der Waals surface area contributed by atoms with Crippen LogP contribution in [0.15, 0.2) is 48.0 Å². The van der Waals surface area contributed by atoms with Crippen LogP contribution < -0.4 is 19.9 Å². The third kappa shape index (κ3) is 3.66. The topological polar surface area (TPSA) is 61.9 Å². The lowest BCUT2D eigenvalue weighted by Gasteiger charge is -2.29. The summed E-state index contributed by atoms with van der Waals surface area (Å²) in [7, 11) is 1.48. The highest BCUT2D eigenvalue weighted by atomic mass is 32.1. The molecule has 1 N–H and O–H groups in total. The first kappa shape index (κ1) is 20.0. The number of ether oxygens (including phenoxy) is 1. The molecule has 2 aromatic rings. The standard InChI is InChI=1S/C22H20FN3O3S/c1-29-19-7-3-2-6-18(19)26-21(28)16(20(27)24-22(26)30)12-14-8-9-15(13-17(14)23)25-10-4-5-11-25/h2-3,6-9,12-13H,4-5,10-11H2,1H3,(H,24,27,30)/b16-12+. The summed E-state index contributed by atoms with van der Waals surface area (Å²) < 4.78 is 20.1. The van der Waals surface area contributed by atoms with Crippen molar-refractivity contribution in [2.75, 3.05) is 30.0 Å². The van der Waals surface area contributed by atoms with Gasteiger partial charge in [-0.2, -0.15) is 0 Å². The Hall–Kier alpha value is -3.26. The Morgan fingerprint density at radius 2 is 1.87 bits per heavy atom. The molecule has 2 saturated heterocycles. The zero-order valence-corrected chi connectivity index (χ0v) is 17.2. The largest absolute Gasteiger partial charge is 0.495 e. The lowest BCUT2D eigenvalue weighted by molar-refractivity contribution is -0.122. The van der Waals surface area contributed by atoms with Crippen molar-refractivity contribution in [3.63, 3.8) is 0 Å². The maximum absolute atomic E-state index is 14.8. The van der Waals surface area contributed by atoms with Crippen LogP contribution in [-0.4, -0.2) is 37.1 Å². The molecule has 0 bridgehead atoms. The molecule has 2 heterocycles. The average Bonchev–Trinajstić information content (AvgIpc) is 3.27. The molecule has 0 atom stereocenters. The van der Waals surface area contributed by atoms with E-state index in [1.807, 2.05) is 0 Å². The van der Waals surface area contributed by atoms with Crippen LogP contribution in [0.3, 0.4) is 0 Å². The maximum Gasteiger partial charge on any atom is 0.270 e. The van der Waals surface area contributed by atoms with E-state index in [9.17, 15) is 14.0 Å². The van der Waals surface area contributed by atoms with E-state index < -0.39 is 17.6 Å². The lowest BCUT2D eigenvalue weighted by atomic mass is 10.1. The van der Waals surface area contributed by atoms with Gasteiger partial charge in [0, 0.05) is 24.3 Å². The second kappa shape index (κ2) is 8.23. The monoisotopic (exact) mass is 425 g/mol. The smallest absolute Gasteiger partial charge is 0.270 e. The van der Waals surface area contributed by atoms with Crippen LogP contribution in [0.2, 0.25) is 0 Å². The van der Waals surface area contributed by atoms with Crippen molar-refractivity contribution in [2.24, 2.45) is 0 Å². The van der Waals surface area contributed by atoms with E-state index in [1.165, 1.54) is 24.2 Å². The van der Waals surface area contributed by atoms with Crippen molar-refractivity contribution in [1.82, 2.24) is 5.32 Å². The van der Waals surface area contributed by atoms with E-state index >= 15 is 0 Å². The summed E-state index contributed by atoms with van der Waals surface area (Å²) in [4.78, 5) is 28.9.